The summed E-state index contributed by atoms with van der Waals surface area (Å²) in [6.45, 7) is 9.47. The Bertz CT molecular complexity index is 840. The van der Waals surface area contributed by atoms with Crippen molar-refractivity contribution in [3.8, 4) is 0 Å². The zero-order valence-corrected chi connectivity index (χ0v) is 19.7. The second-order valence-corrected chi connectivity index (χ2v) is 10.3. The Morgan fingerprint density at radius 2 is 2.00 bits per heavy atom. The largest absolute Gasteiger partial charge is 0.402 e. The SMILES string of the molecule is CC(C)(C)NC(=O)C1CCN(CC2(C=O)C=CC=C(N)C2)CC1.c1ccc2c(c1)CCN2. The molecule has 6 nitrogen and oxygen atoms in total. The maximum Gasteiger partial charge on any atom is 0.223 e. The van der Waals surface area contributed by atoms with Crippen LogP contribution in [0.25, 0.3) is 0 Å². The Balaban J connectivity index is 0.000000264. The van der Waals surface area contributed by atoms with Crippen LogP contribution >= 0.6 is 0 Å². The third-order valence-corrected chi connectivity index (χ3v) is 6.21. The van der Waals surface area contributed by atoms with Gasteiger partial charge >= 0.3 is 0 Å². The Kier molecular flexibility index (Phi) is 7.77. The van der Waals surface area contributed by atoms with E-state index in [1.807, 2.05) is 39.0 Å². The maximum atomic E-state index is 12.3. The lowest BCUT2D eigenvalue weighted by Gasteiger charge is -2.38. The number of hydrogen-bond donors (Lipinski definition) is 3. The molecular formula is C26H38N4O2. The van der Waals surface area contributed by atoms with Crippen molar-refractivity contribution in [2.24, 2.45) is 17.1 Å². The molecule has 6 heteroatoms. The van der Waals surface area contributed by atoms with Crippen LogP contribution in [0.2, 0.25) is 0 Å². The summed E-state index contributed by atoms with van der Waals surface area (Å²) in [6.07, 6.45) is 10.1. The number of fused-ring (bicyclic) bond motifs is 1. The van der Waals surface area contributed by atoms with Gasteiger partial charge in [0, 0.05) is 42.4 Å². The number of nitrogens with zero attached hydrogens (tertiary/aromatic N) is 1. The van der Waals surface area contributed by atoms with E-state index in [-0.39, 0.29) is 17.4 Å². The van der Waals surface area contributed by atoms with Crippen molar-refractivity contribution >= 4 is 17.9 Å². The predicted molar refractivity (Wildman–Crippen MR) is 130 cm³/mol. The molecule has 0 saturated carbocycles. The van der Waals surface area contributed by atoms with Gasteiger partial charge in [0.25, 0.3) is 0 Å². The predicted octanol–water partition coefficient (Wildman–Crippen LogP) is 3.26. The van der Waals surface area contributed by atoms with Crippen LogP contribution in [0.15, 0.2) is 48.2 Å². The Labute approximate surface area is 192 Å². The zero-order valence-electron chi connectivity index (χ0n) is 19.7. The van der Waals surface area contributed by atoms with E-state index in [1.54, 1.807) is 0 Å². The van der Waals surface area contributed by atoms with E-state index in [0.717, 1.165) is 44.5 Å². The van der Waals surface area contributed by atoms with E-state index in [2.05, 4.69) is 39.8 Å². The van der Waals surface area contributed by atoms with Gasteiger partial charge in [-0.25, -0.2) is 0 Å². The number of likely N-dealkylation sites (tertiary alicyclic amines) is 1. The molecule has 1 aromatic carbocycles. The van der Waals surface area contributed by atoms with E-state index in [9.17, 15) is 9.59 Å². The van der Waals surface area contributed by atoms with Crippen molar-refractivity contribution in [2.45, 2.75) is 52.0 Å². The van der Waals surface area contributed by atoms with Gasteiger partial charge in [-0.15, -0.1) is 0 Å². The highest BCUT2D eigenvalue weighted by atomic mass is 16.2. The molecular weight excluding hydrogens is 400 g/mol. The summed E-state index contributed by atoms with van der Waals surface area (Å²) in [5, 5.41) is 6.36. The van der Waals surface area contributed by atoms with Gasteiger partial charge in [-0.3, -0.25) is 4.79 Å². The van der Waals surface area contributed by atoms with Gasteiger partial charge in [0.05, 0.1) is 5.41 Å². The topological polar surface area (TPSA) is 87.5 Å². The number of anilines is 1. The lowest BCUT2D eigenvalue weighted by Crippen LogP contribution is -2.48. The van der Waals surface area contributed by atoms with Gasteiger partial charge in [0.1, 0.15) is 6.29 Å². The summed E-state index contributed by atoms with van der Waals surface area (Å²) in [5.41, 5.74) is 8.71. The van der Waals surface area contributed by atoms with Crippen LogP contribution in [-0.4, -0.2) is 48.8 Å². The molecule has 174 valence electrons. The molecule has 1 fully saturated rings. The van der Waals surface area contributed by atoms with Crippen molar-refractivity contribution in [1.82, 2.24) is 10.2 Å². The van der Waals surface area contributed by atoms with E-state index >= 15 is 0 Å². The molecule has 1 saturated heterocycles. The molecule has 1 unspecified atom stereocenters. The Morgan fingerprint density at radius 3 is 2.62 bits per heavy atom. The minimum atomic E-state index is -0.515. The first-order chi connectivity index (χ1) is 15.2. The normalized spacial score (nSPS) is 23.3. The molecule has 2 heterocycles. The number of para-hydroxylation sites is 1. The number of nitrogens with one attached hydrogen (secondary N) is 2. The van der Waals surface area contributed by atoms with Crippen LogP contribution in [0.3, 0.4) is 0 Å². The molecule has 0 aromatic heterocycles. The standard InChI is InChI=1S/C18H29N3O2.C8H9N/c1-17(2,3)20-16(23)14-6-9-21(10-7-14)12-18(13-22)8-4-5-15(19)11-18;1-2-4-8-7(3-1)5-6-9-8/h4-5,8,13-14H,6-7,9-12,19H2,1-3H3,(H,20,23);1-4,9H,5-6H2. The maximum absolute atomic E-state index is 12.3. The third kappa shape index (κ3) is 6.70. The first-order valence-electron chi connectivity index (χ1n) is 11.7. The fraction of sp³-hybridized carbons (Fsp3) is 0.538. The number of rotatable bonds is 4. The molecule has 32 heavy (non-hydrogen) atoms. The molecule has 1 aliphatic carbocycles. The van der Waals surface area contributed by atoms with Gasteiger partial charge in [0.15, 0.2) is 0 Å². The summed E-state index contributed by atoms with van der Waals surface area (Å²) >= 11 is 0. The number of hydrogen-bond acceptors (Lipinski definition) is 5. The third-order valence-electron chi connectivity index (χ3n) is 6.21. The van der Waals surface area contributed by atoms with Crippen LogP contribution in [-0.2, 0) is 16.0 Å². The van der Waals surface area contributed by atoms with Crippen molar-refractivity contribution in [2.75, 3.05) is 31.5 Å². The number of aldehydes is 1. The number of nitrogens with two attached hydrogens (primary N) is 1. The number of piperidine rings is 1. The second kappa shape index (κ2) is 10.3. The number of carbonyl (C=O) groups is 2. The second-order valence-electron chi connectivity index (χ2n) is 10.3. The van der Waals surface area contributed by atoms with Crippen LogP contribution in [0.1, 0.15) is 45.6 Å². The van der Waals surface area contributed by atoms with Gasteiger partial charge in [-0.1, -0.05) is 30.4 Å². The first kappa shape index (κ1) is 24.1. The average molecular weight is 439 g/mol. The van der Waals surface area contributed by atoms with Crippen molar-refractivity contribution < 1.29 is 9.59 Å². The summed E-state index contributed by atoms with van der Waals surface area (Å²) in [7, 11) is 0. The molecule has 4 N–H and O–H groups in total. The summed E-state index contributed by atoms with van der Waals surface area (Å²) in [4.78, 5) is 26.1. The van der Waals surface area contributed by atoms with Crippen molar-refractivity contribution in [3.63, 3.8) is 0 Å². The van der Waals surface area contributed by atoms with Crippen molar-refractivity contribution in [1.29, 1.82) is 0 Å². The molecule has 4 rings (SSSR count). The average Bonchev–Trinajstić information content (AvgIpc) is 3.22. The molecule has 0 radical (unpaired) electrons. The van der Waals surface area contributed by atoms with Crippen LogP contribution in [0.5, 0.6) is 0 Å². The molecule has 3 aliphatic rings. The molecule has 1 atom stereocenters. The monoisotopic (exact) mass is 438 g/mol. The number of carbonyl (C=O) groups excluding carboxylic acids is 2. The minimum absolute atomic E-state index is 0.0736. The molecule has 1 aromatic rings. The highest BCUT2D eigenvalue weighted by molar-refractivity contribution is 5.79. The number of benzene rings is 1. The lowest BCUT2D eigenvalue weighted by atomic mass is 9.80. The summed E-state index contributed by atoms with van der Waals surface area (Å²) in [5.74, 6) is 0.219. The fourth-order valence-electron chi connectivity index (χ4n) is 4.57. The highest BCUT2D eigenvalue weighted by Gasteiger charge is 2.34. The van der Waals surface area contributed by atoms with E-state index in [1.165, 1.54) is 17.7 Å². The Hall–Kier alpha value is -2.60. The fourth-order valence-corrected chi connectivity index (χ4v) is 4.57. The summed E-state index contributed by atoms with van der Waals surface area (Å²) in [6, 6.07) is 8.46. The van der Waals surface area contributed by atoms with E-state index in [4.69, 9.17) is 5.73 Å². The van der Waals surface area contributed by atoms with Gasteiger partial charge in [-0.2, -0.15) is 0 Å². The molecule has 1 amide bonds. The van der Waals surface area contributed by atoms with Crippen molar-refractivity contribution in [3.05, 3.63) is 53.8 Å². The minimum Gasteiger partial charge on any atom is -0.402 e. The quantitative estimate of drug-likeness (QED) is 0.628. The van der Waals surface area contributed by atoms with E-state index < -0.39 is 5.41 Å². The van der Waals surface area contributed by atoms with E-state index in [0.29, 0.717) is 13.0 Å². The van der Waals surface area contributed by atoms with Crippen LogP contribution in [0, 0.1) is 11.3 Å². The highest BCUT2D eigenvalue weighted by Crippen LogP contribution is 2.30. The smallest absolute Gasteiger partial charge is 0.223 e. The lowest BCUT2D eigenvalue weighted by molar-refractivity contribution is -0.128. The Morgan fingerprint density at radius 1 is 1.28 bits per heavy atom. The first-order valence-corrected chi connectivity index (χ1v) is 11.7. The number of amides is 1. The summed E-state index contributed by atoms with van der Waals surface area (Å²) < 4.78 is 0. The van der Waals surface area contributed by atoms with Gasteiger partial charge in [-0.05, 0) is 70.8 Å². The molecule has 2 aliphatic heterocycles. The molecule has 0 spiro atoms. The van der Waals surface area contributed by atoms with Gasteiger partial charge in [0.2, 0.25) is 5.91 Å². The van der Waals surface area contributed by atoms with Crippen LogP contribution < -0.4 is 16.4 Å². The molecule has 0 bridgehead atoms. The van der Waals surface area contributed by atoms with Gasteiger partial charge < -0.3 is 26.1 Å². The zero-order chi connectivity index (χ0) is 23.2. The van der Waals surface area contributed by atoms with Crippen LogP contribution in [0.4, 0.5) is 5.69 Å². The number of allylic oxidation sites excluding steroid dienone is 3.